The van der Waals surface area contributed by atoms with Crippen molar-refractivity contribution in [1.82, 2.24) is 10.2 Å². The molecule has 0 bridgehead atoms. The first-order valence-corrected chi connectivity index (χ1v) is 11.3. The van der Waals surface area contributed by atoms with Crippen molar-refractivity contribution in [1.29, 1.82) is 0 Å². The van der Waals surface area contributed by atoms with Crippen LogP contribution >= 0.6 is 0 Å². The zero-order valence-corrected chi connectivity index (χ0v) is 19.1. The maximum atomic E-state index is 12.2. The molecule has 3 rings (SSSR count). The standard InChI is InChI=1S/C22H34N2O3.C2H6O/c1-22(2,3)27-21(25)24-14-12-18(13-15-24)23-19-10-7-11-20(19)26-16-17-8-5-4-6-9-17;1-2-3/h4-6,8-9,18-20,23H,7,10-16H2,1-3H3;3H,2H2,1H3. The predicted octanol–water partition coefficient (Wildman–Crippen LogP) is 4.11. The minimum Gasteiger partial charge on any atom is -0.444 e. The zero-order valence-electron chi connectivity index (χ0n) is 19.1. The number of rotatable bonds is 5. The average Bonchev–Trinajstić information content (AvgIpc) is 3.14. The molecule has 6 heteroatoms. The molecule has 1 aromatic rings. The van der Waals surface area contributed by atoms with E-state index < -0.39 is 5.60 Å². The summed E-state index contributed by atoms with van der Waals surface area (Å²) < 4.78 is 11.7. The number of carbonyl (C=O) groups excluding carboxylic acids is 1. The number of amides is 1. The summed E-state index contributed by atoms with van der Waals surface area (Å²) in [5, 5.41) is 11.4. The van der Waals surface area contributed by atoms with E-state index in [2.05, 4.69) is 29.6 Å². The molecule has 1 aliphatic carbocycles. The van der Waals surface area contributed by atoms with Crippen LogP contribution in [0.2, 0.25) is 0 Å². The van der Waals surface area contributed by atoms with Gasteiger partial charge in [0.05, 0.1) is 12.7 Å². The largest absolute Gasteiger partial charge is 0.444 e. The van der Waals surface area contributed by atoms with Gasteiger partial charge in [-0.05, 0) is 65.4 Å². The highest BCUT2D eigenvalue weighted by molar-refractivity contribution is 5.68. The van der Waals surface area contributed by atoms with E-state index in [1.165, 1.54) is 18.4 Å². The van der Waals surface area contributed by atoms with Crippen molar-refractivity contribution in [3.05, 3.63) is 35.9 Å². The molecule has 1 amide bonds. The number of ether oxygens (including phenoxy) is 2. The Balaban J connectivity index is 0.00000101. The van der Waals surface area contributed by atoms with E-state index >= 15 is 0 Å². The summed E-state index contributed by atoms with van der Waals surface area (Å²) >= 11 is 0. The van der Waals surface area contributed by atoms with Gasteiger partial charge in [-0.1, -0.05) is 30.3 Å². The third-order valence-electron chi connectivity index (χ3n) is 5.36. The SMILES string of the molecule is CC(C)(C)OC(=O)N1CCC(NC2CCCC2OCc2ccccc2)CC1.CCO. The van der Waals surface area contributed by atoms with Crippen molar-refractivity contribution in [3.8, 4) is 0 Å². The number of nitrogens with zero attached hydrogens (tertiary/aromatic N) is 1. The molecule has 30 heavy (non-hydrogen) atoms. The van der Waals surface area contributed by atoms with Crippen molar-refractivity contribution in [2.24, 2.45) is 0 Å². The lowest BCUT2D eigenvalue weighted by molar-refractivity contribution is 0.0132. The van der Waals surface area contributed by atoms with Gasteiger partial charge in [0, 0.05) is 31.8 Å². The maximum Gasteiger partial charge on any atom is 0.410 e. The molecule has 0 spiro atoms. The van der Waals surface area contributed by atoms with Crippen molar-refractivity contribution in [2.75, 3.05) is 19.7 Å². The van der Waals surface area contributed by atoms with Gasteiger partial charge in [0.15, 0.2) is 0 Å². The molecule has 6 nitrogen and oxygen atoms in total. The number of nitrogens with one attached hydrogen (secondary N) is 1. The molecule has 2 unspecified atom stereocenters. The fourth-order valence-corrected chi connectivity index (χ4v) is 3.95. The normalized spacial score (nSPS) is 22.4. The first-order valence-electron chi connectivity index (χ1n) is 11.3. The number of piperidine rings is 1. The number of aliphatic hydroxyl groups excluding tert-OH is 1. The monoisotopic (exact) mass is 420 g/mol. The highest BCUT2D eigenvalue weighted by Gasteiger charge is 2.32. The summed E-state index contributed by atoms with van der Waals surface area (Å²) in [4.78, 5) is 14.0. The van der Waals surface area contributed by atoms with Gasteiger partial charge in [-0.2, -0.15) is 0 Å². The number of benzene rings is 1. The number of carbonyl (C=O) groups is 1. The van der Waals surface area contributed by atoms with Crippen LogP contribution in [0.1, 0.15) is 65.4 Å². The van der Waals surface area contributed by atoms with Crippen LogP contribution in [-0.2, 0) is 16.1 Å². The Bertz CT molecular complexity index is 609. The molecule has 1 saturated heterocycles. The van der Waals surface area contributed by atoms with Crippen LogP contribution in [0.4, 0.5) is 4.79 Å². The second kappa shape index (κ2) is 12.3. The molecule has 2 N–H and O–H groups in total. The lowest BCUT2D eigenvalue weighted by atomic mass is 10.0. The summed E-state index contributed by atoms with van der Waals surface area (Å²) in [5.74, 6) is 0. The summed E-state index contributed by atoms with van der Waals surface area (Å²) in [6.45, 7) is 9.86. The molecule has 1 saturated carbocycles. The Morgan fingerprint density at radius 3 is 2.37 bits per heavy atom. The van der Waals surface area contributed by atoms with E-state index in [1.54, 1.807) is 6.92 Å². The van der Waals surface area contributed by atoms with Gasteiger partial charge >= 0.3 is 6.09 Å². The first kappa shape index (κ1) is 24.6. The van der Waals surface area contributed by atoms with Crippen LogP contribution in [-0.4, -0.2) is 59.6 Å². The lowest BCUT2D eigenvalue weighted by Crippen LogP contribution is -2.50. The van der Waals surface area contributed by atoms with Gasteiger partial charge in [0.2, 0.25) is 0 Å². The van der Waals surface area contributed by atoms with Gasteiger partial charge in [-0.3, -0.25) is 0 Å². The van der Waals surface area contributed by atoms with Crippen LogP contribution in [0.15, 0.2) is 30.3 Å². The quantitative estimate of drug-likeness (QED) is 0.750. The lowest BCUT2D eigenvalue weighted by Gasteiger charge is -2.35. The predicted molar refractivity (Wildman–Crippen MR) is 119 cm³/mol. The Hall–Kier alpha value is -1.63. The van der Waals surface area contributed by atoms with E-state index in [4.69, 9.17) is 14.6 Å². The van der Waals surface area contributed by atoms with Crippen LogP contribution in [0.3, 0.4) is 0 Å². The number of likely N-dealkylation sites (tertiary alicyclic amines) is 1. The molecule has 2 fully saturated rings. The Kier molecular flexibility index (Phi) is 10.1. The molecule has 1 heterocycles. The minimum absolute atomic E-state index is 0.189. The zero-order chi connectivity index (χ0) is 22.0. The molecule has 2 aliphatic rings. The smallest absolute Gasteiger partial charge is 0.410 e. The molecule has 0 aromatic heterocycles. The van der Waals surface area contributed by atoms with E-state index in [1.807, 2.05) is 31.7 Å². The minimum atomic E-state index is -0.431. The van der Waals surface area contributed by atoms with Gasteiger partial charge in [-0.25, -0.2) is 4.79 Å². The topological polar surface area (TPSA) is 71.0 Å². The number of hydrogen-bond acceptors (Lipinski definition) is 5. The van der Waals surface area contributed by atoms with E-state index in [9.17, 15) is 4.79 Å². The third-order valence-corrected chi connectivity index (χ3v) is 5.36. The molecular formula is C24H40N2O4. The fraction of sp³-hybridized carbons (Fsp3) is 0.708. The van der Waals surface area contributed by atoms with Gasteiger partial charge in [0.1, 0.15) is 5.60 Å². The van der Waals surface area contributed by atoms with Crippen molar-refractivity contribution >= 4 is 6.09 Å². The number of aliphatic hydroxyl groups is 1. The second-order valence-electron chi connectivity index (χ2n) is 9.10. The molecule has 170 valence electrons. The third kappa shape index (κ3) is 8.62. The van der Waals surface area contributed by atoms with Gasteiger partial charge in [0.25, 0.3) is 0 Å². The highest BCUT2D eigenvalue weighted by atomic mass is 16.6. The Morgan fingerprint density at radius 1 is 1.13 bits per heavy atom. The van der Waals surface area contributed by atoms with Crippen LogP contribution in [0.25, 0.3) is 0 Å². The van der Waals surface area contributed by atoms with Crippen molar-refractivity contribution in [2.45, 2.75) is 90.2 Å². The molecule has 0 radical (unpaired) electrons. The van der Waals surface area contributed by atoms with Gasteiger partial charge < -0.3 is 24.8 Å². The first-order chi connectivity index (χ1) is 14.3. The maximum absolute atomic E-state index is 12.2. The van der Waals surface area contributed by atoms with Crippen LogP contribution < -0.4 is 5.32 Å². The van der Waals surface area contributed by atoms with Crippen LogP contribution in [0.5, 0.6) is 0 Å². The van der Waals surface area contributed by atoms with E-state index in [0.29, 0.717) is 18.7 Å². The summed E-state index contributed by atoms with van der Waals surface area (Å²) in [7, 11) is 0. The number of hydrogen-bond donors (Lipinski definition) is 2. The summed E-state index contributed by atoms with van der Waals surface area (Å²) in [5.41, 5.74) is 0.799. The molecule has 1 aliphatic heterocycles. The fourth-order valence-electron chi connectivity index (χ4n) is 3.95. The summed E-state index contributed by atoms with van der Waals surface area (Å²) in [6.07, 6.45) is 5.56. The second-order valence-corrected chi connectivity index (χ2v) is 9.10. The van der Waals surface area contributed by atoms with E-state index in [0.717, 1.165) is 32.4 Å². The van der Waals surface area contributed by atoms with E-state index in [-0.39, 0.29) is 18.8 Å². The Morgan fingerprint density at radius 2 is 1.77 bits per heavy atom. The van der Waals surface area contributed by atoms with Gasteiger partial charge in [-0.15, -0.1) is 0 Å². The molecular weight excluding hydrogens is 380 g/mol. The van der Waals surface area contributed by atoms with Crippen molar-refractivity contribution in [3.63, 3.8) is 0 Å². The summed E-state index contributed by atoms with van der Waals surface area (Å²) in [6, 6.07) is 11.3. The Labute approximate surface area is 181 Å². The molecule has 2 atom stereocenters. The van der Waals surface area contributed by atoms with Crippen LogP contribution in [0, 0.1) is 0 Å². The highest BCUT2D eigenvalue weighted by Crippen LogP contribution is 2.25. The van der Waals surface area contributed by atoms with Crippen molar-refractivity contribution < 1.29 is 19.4 Å². The molecule has 1 aromatic carbocycles. The average molecular weight is 421 g/mol.